The van der Waals surface area contributed by atoms with E-state index in [1.807, 2.05) is 10.7 Å². The first-order valence-electron chi connectivity index (χ1n) is 8.64. The quantitative estimate of drug-likeness (QED) is 0.895. The monoisotopic (exact) mass is 320 g/mol. The van der Waals surface area contributed by atoms with E-state index in [0.717, 1.165) is 32.8 Å². The number of ether oxygens (including phenoxy) is 1. The lowest BCUT2D eigenvalue weighted by Crippen LogP contribution is -2.41. The van der Waals surface area contributed by atoms with Crippen LogP contribution in [0.3, 0.4) is 0 Å². The van der Waals surface area contributed by atoms with Crippen LogP contribution in [0.2, 0.25) is 0 Å². The molecule has 1 aromatic heterocycles. The first-order chi connectivity index (χ1) is 10.9. The van der Waals surface area contributed by atoms with Gasteiger partial charge in [0.1, 0.15) is 5.69 Å². The molecule has 0 unspecified atom stereocenters. The van der Waals surface area contributed by atoms with E-state index in [4.69, 9.17) is 4.74 Å². The summed E-state index contributed by atoms with van der Waals surface area (Å²) in [7, 11) is 0. The highest BCUT2D eigenvalue weighted by molar-refractivity contribution is 5.92. The standard InChI is InChI=1S/C17H28N4O2/c1-17(2,3)21-15(13-4-5-13)12-14(19-21)16(22)18-6-7-20-8-10-23-11-9-20/h12-13H,4-11H2,1-3H3,(H,18,22). The van der Waals surface area contributed by atoms with E-state index in [-0.39, 0.29) is 11.4 Å². The molecule has 0 spiro atoms. The average molecular weight is 320 g/mol. The average Bonchev–Trinajstić information content (AvgIpc) is 3.25. The lowest BCUT2D eigenvalue weighted by atomic mass is 10.1. The zero-order valence-electron chi connectivity index (χ0n) is 14.5. The molecule has 0 aromatic carbocycles. The lowest BCUT2D eigenvalue weighted by molar-refractivity contribution is 0.0383. The second-order valence-corrected chi connectivity index (χ2v) is 7.52. The van der Waals surface area contributed by atoms with Crippen molar-refractivity contribution < 1.29 is 9.53 Å². The van der Waals surface area contributed by atoms with Gasteiger partial charge >= 0.3 is 0 Å². The third kappa shape index (κ3) is 4.12. The van der Waals surface area contributed by atoms with Crippen LogP contribution in [-0.4, -0.2) is 60.0 Å². The number of morpholine rings is 1. The number of rotatable bonds is 5. The smallest absolute Gasteiger partial charge is 0.271 e. The van der Waals surface area contributed by atoms with Gasteiger partial charge in [-0.3, -0.25) is 14.4 Å². The minimum absolute atomic E-state index is 0.0665. The van der Waals surface area contributed by atoms with Crippen LogP contribution in [0.15, 0.2) is 6.07 Å². The van der Waals surface area contributed by atoms with E-state index in [1.165, 1.54) is 18.5 Å². The topological polar surface area (TPSA) is 59.4 Å². The Labute approximate surface area is 138 Å². The second kappa shape index (κ2) is 6.61. The van der Waals surface area contributed by atoms with Crippen LogP contribution in [0.5, 0.6) is 0 Å². The SMILES string of the molecule is CC(C)(C)n1nc(C(=O)NCCN2CCOCC2)cc1C1CC1. The third-order valence-electron chi connectivity index (χ3n) is 4.42. The molecule has 0 radical (unpaired) electrons. The normalized spacial score (nSPS) is 19.8. The Morgan fingerprint density at radius 3 is 2.65 bits per heavy atom. The fourth-order valence-electron chi connectivity index (χ4n) is 2.96. The van der Waals surface area contributed by atoms with Crippen molar-refractivity contribution in [3.63, 3.8) is 0 Å². The molecule has 1 aromatic rings. The molecule has 1 aliphatic carbocycles. The van der Waals surface area contributed by atoms with E-state index in [1.54, 1.807) is 0 Å². The number of hydrogen-bond donors (Lipinski definition) is 1. The van der Waals surface area contributed by atoms with Crippen molar-refractivity contribution in [2.45, 2.75) is 45.1 Å². The molecular weight excluding hydrogens is 292 g/mol. The van der Waals surface area contributed by atoms with Crippen LogP contribution < -0.4 is 5.32 Å². The molecule has 1 aliphatic heterocycles. The molecule has 1 saturated carbocycles. The number of nitrogens with one attached hydrogen (secondary N) is 1. The summed E-state index contributed by atoms with van der Waals surface area (Å²) in [5.41, 5.74) is 1.66. The third-order valence-corrected chi connectivity index (χ3v) is 4.42. The van der Waals surface area contributed by atoms with Crippen molar-refractivity contribution in [3.05, 3.63) is 17.5 Å². The van der Waals surface area contributed by atoms with E-state index in [9.17, 15) is 4.79 Å². The van der Waals surface area contributed by atoms with E-state index in [0.29, 0.717) is 18.2 Å². The lowest BCUT2D eigenvalue weighted by Gasteiger charge is -2.26. The van der Waals surface area contributed by atoms with Crippen molar-refractivity contribution in [2.24, 2.45) is 0 Å². The molecule has 0 bridgehead atoms. The zero-order valence-corrected chi connectivity index (χ0v) is 14.5. The van der Waals surface area contributed by atoms with Gasteiger partial charge in [-0.2, -0.15) is 5.10 Å². The van der Waals surface area contributed by atoms with Crippen molar-refractivity contribution in [2.75, 3.05) is 39.4 Å². The molecule has 6 heteroatoms. The Kier molecular flexibility index (Phi) is 4.73. The fraction of sp³-hybridized carbons (Fsp3) is 0.765. The zero-order chi connectivity index (χ0) is 16.4. The summed E-state index contributed by atoms with van der Waals surface area (Å²) in [6.45, 7) is 11.4. The summed E-state index contributed by atoms with van der Waals surface area (Å²) in [4.78, 5) is 14.7. The number of carbonyl (C=O) groups excluding carboxylic acids is 1. The van der Waals surface area contributed by atoms with Gasteiger partial charge in [-0.05, 0) is 39.7 Å². The van der Waals surface area contributed by atoms with Gasteiger partial charge in [0.05, 0.1) is 18.8 Å². The number of carbonyl (C=O) groups is 1. The number of nitrogens with zero attached hydrogens (tertiary/aromatic N) is 3. The summed E-state index contributed by atoms with van der Waals surface area (Å²) in [6, 6.07) is 1.98. The predicted octanol–water partition coefficient (Wildman–Crippen LogP) is 1.58. The molecule has 6 nitrogen and oxygen atoms in total. The second-order valence-electron chi connectivity index (χ2n) is 7.52. The highest BCUT2D eigenvalue weighted by Gasteiger charge is 2.32. The number of aromatic nitrogens is 2. The van der Waals surface area contributed by atoms with Gasteiger partial charge in [0, 0.05) is 37.8 Å². The first-order valence-corrected chi connectivity index (χ1v) is 8.64. The Morgan fingerprint density at radius 1 is 1.35 bits per heavy atom. The molecule has 2 fully saturated rings. The maximum absolute atomic E-state index is 12.4. The molecular formula is C17H28N4O2. The maximum atomic E-state index is 12.4. The van der Waals surface area contributed by atoms with Crippen molar-refractivity contribution in [1.82, 2.24) is 20.0 Å². The largest absolute Gasteiger partial charge is 0.379 e. The predicted molar refractivity (Wildman–Crippen MR) is 88.8 cm³/mol. The Hall–Kier alpha value is -1.40. The van der Waals surface area contributed by atoms with Gasteiger partial charge < -0.3 is 10.1 Å². The molecule has 0 atom stereocenters. The highest BCUT2D eigenvalue weighted by Crippen LogP contribution is 2.41. The van der Waals surface area contributed by atoms with E-state index >= 15 is 0 Å². The fourth-order valence-corrected chi connectivity index (χ4v) is 2.96. The minimum Gasteiger partial charge on any atom is -0.379 e. The Balaban J connectivity index is 1.58. The van der Waals surface area contributed by atoms with Crippen molar-refractivity contribution in [1.29, 1.82) is 0 Å². The summed E-state index contributed by atoms with van der Waals surface area (Å²) in [5, 5.41) is 7.58. The van der Waals surface area contributed by atoms with Gasteiger partial charge in [0.25, 0.3) is 5.91 Å². The van der Waals surface area contributed by atoms with Crippen LogP contribution >= 0.6 is 0 Å². The minimum atomic E-state index is -0.0930. The maximum Gasteiger partial charge on any atom is 0.271 e. The summed E-state index contributed by atoms with van der Waals surface area (Å²) >= 11 is 0. The number of amides is 1. The Bertz CT molecular complexity index is 551. The molecule has 2 heterocycles. The van der Waals surface area contributed by atoms with Crippen LogP contribution in [-0.2, 0) is 10.3 Å². The molecule has 3 rings (SSSR count). The van der Waals surface area contributed by atoms with Gasteiger partial charge in [0.15, 0.2) is 0 Å². The van der Waals surface area contributed by atoms with Crippen LogP contribution in [0.4, 0.5) is 0 Å². The van der Waals surface area contributed by atoms with E-state index < -0.39 is 0 Å². The first kappa shape index (κ1) is 16.5. The molecule has 2 aliphatic rings. The van der Waals surface area contributed by atoms with Crippen molar-refractivity contribution in [3.8, 4) is 0 Å². The van der Waals surface area contributed by atoms with E-state index in [2.05, 4.69) is 36.1 Å². The van der Waals surface area contributed by atoms with Crippen LogP contribution in [0.1, 0.15) is 55.7 Å². The Morgan fingerprint density at radius 2 is 2.04 bits per heavy atom. The molecule has 128 valence electrons. The van der Waals surface area contributed by atoms with Gasteiger partial charge in [0.2, 0.25) is 0 Å². The van der Waals surface area contributed by atoms with Gasteiger partial charge in [-0.1, -0.05) is 0 Å². The van der Waals surface area contributed by atoms with Crippen LogP contribution in [0.25, 0.3) is 0 Å². The van der Waals surface area contributed by atoms with Gasteiger partial charge in [-0.15, -0.1) is 0 Å². The molecule has 1 amide bonds. The molecule has 23 heavy (non-hydrogen) atoms. The summed E-state index contributed by atoms with van der Waals surface area (Å²) < 4.78 is 7.36. The summed E-state index contributed by atoms with van der Waals surface area (Å²) in [6.07, 6.45) is 2.42. The van der Waals surface area contributed by atoms with Gasteiger partial charge in [-0.25, -0.2) is 0 Å². The highest BCUT2D eigenvalue weighted by atomic mass is 16.5. The van der Waals surface area contributed by atoms with Crippen LogP contribution in [0, 0.1) is 0 Å². The number of hydrogen-bond acceptors (Lipinski definition) is 4. The molecule has 1 N–H and O–H groups in total. The van der Waals surface area contributed by atoms with Crippen molar-refractivity contribution >= 4 is 5.91 Å². The summed E-state index contributed by atoms with van der Waals surface area (Å²) in [5.74, 6) is 0.514. The molecule has 1 saturated heterocycles.